The van der Waals surface area contributed by atoms with Crippen LogP contribution in [0.5, 0.6) is 5.75 Å². The topological polar surface area (TPSA) is 80.6 Å². The molecule has 1 aromatic heterocycles. The molecule has 2 heterocycles. The Labute approximate surface area is 211 Å². The van der Waals surface area contributed by atoms with E-state index in [4.69, 9.17) is 4.74 Å². The Balaban J connectivity index is 1.47. The summed E-state index contributed by atoms with van der Waals surface area (Å²) in [6, 6.07) is 18.2. The van der Waals surface area contributed by atoms with Crippen molar-refractivity contribution in [1.29, 1.82) is 0 Å². The Morgan fingerprint density at radius 1 is 0.972 bits per heavy atom. The highest BCUT2D eigenvalue weighted by molar-refractivity contribution is 6.39. The van der Waals surface area contributed by atoms with E-state index in [0.29, 0.717) is 30.5 Å². The molecule has 0 spiro atoms. The predicted molar refractivity (Wildman–Crippen MR) is 140 cm³/mol. The number of carbonyl (C=O) groups excluding carboxylic acids is 3. The number of barbiturate groups is 1. The highest BCUT2D eigenvalue weighted by Crippen LogP contribution is 2.24. The van der Waals surface area contributed by atoms with Gasteiger partial charge in [0.25, 0.3) is 11.8 Å². The summed E-state index contributed by atoms with van der Waals surface area (Å²) in [4.78, 5) is 39.2. The number of nitrogens with zero attached hydrogens (tertiary/aromatic N) is 2. The Morgan fingerprint density at radius 3 is 2.36 bits per heavy atom. The van der Waals surface area contributed by atoms with Gasteiger partial charge >= 0.3 is 6.03 Å². The number of nitrogens with one attached hydrogen (secondary N) is 1. The van der Waals surface area contributed by atoms with Crippen LogP contribution in [0.15, 0.2) is 72.4 Å². The van der Waals surface area contributed by atoms with Gasteiger partial charge in [-0.15, -0.1) is 0 Å². The fourth-order valence-corrected chi connectivity index (χ4v) is 4.07. The number of amides is 4. The van der Waals surface area contributed by atoms with E-state index in [2.05, 4.69) is 31.3 Å². The fraction of sp³-hybridized carbons (Fsp3) is 0.276. The summed E-state index contributed by atoms with van der Waals surface area (Å²) in [5.74, 6) is -0.0643. The van der Waals surface area contributed by atoms with Crippen LogP contribution in [-0.2, 0) is 22.6 Å². The molecule has 1 atom stereocenters. The first-order valence-corrected chi connectivity index (χ1v) is 12.3. The molecular formula is C29H31N3O4. The van der Waals surface area contributed by atoms with Gasteiger partial charge in [-0.2, -0.15) is 0 Å². The van der Waals surface area contributed by atoms with E-state index in [0.717, 1.165) is 29.1 Å². The molecule has 1 N–H and O–H groups in total. The SMILES string of the molecule is CCc1ccc(N2C(=O)NC(=O)/C(=C\c3cccn3CCOc3ccc([C@H](C)CC)cc3)C2=O)cc1. The van der Waals surface area contributed by atoms with Gasteiger partial charge < -0.3 is 9.30 Å². The number of carbonyl (C=O) groups is 3. The summed E-state index contributed by atoms with van der Waals surface area (Å²) in [7, 11) is 0. The van der Waals surface area contributed by atoms with Gasteiger partial charge in [-0.25, -0.2) is 9.69 Å². The molecule has 1 aliphatic heterocycles. The van der Waals surface area contributed by atoms with E-state index >= 15 is 0 Å². The number of aryl methyl sites for hydroxylation is 1. The number of urea groups is 1. The van der Waals surface area contributed by atoms with Crippen molar-refractivity contribution in [3.63, 3.8) is 0 Å². The van der Waals surface area contributed by atoms with Gasteiger partial charge in [-0.05, 0) is 72.4 Å². The van der Waals surface area contributed by atoms with Crippen LogP contribution < -0.4 is 15.0 Å². The molecule has 0 aliphatic carbocycles. The Hall–Kier alpha value is -4.13. The molecule has 36 heavy (non-hydrogen) atoms. The number of imide groups is 2. The number of rotatable bonds is 9. The van der Waals surface area contributed by atoms with Crippen molar-refractivity contribution in [2.24, 2.45) is 0 Å². The molecule has 0 saturated carbocycles. The monoisotopic (exact) mass is 485 g/mol. The third-order valence-corrected chi connectivity index (χ3v) is 6.52. The lowest BCUT2D eigenvalue weighted by Gasteiger charge is -2.26. The maximum Gasteiger partial charge on any atom is 0.335 e. The molecule has 0 radical (unpaired) electrons. The molecular weight excluding hydrogens is 454 g/mol. The zero-order valence-corrected chi connectivity index (χ0v) is 20.9. The number of hydrogen-bond donors (Lipinski definition) is 1. The number of aromatic nitrogens is 1. The molecule has 7 heteroatoms. The van der Waals surface area contributed by atoms with Crippen molar-refractivity contribution < 1.29 is 19.1 Å². The van der Waals surface area contributed by atoms with E-state index in [9.17, 15) is 14.4 Å². The molecule has 1 saturated heterocycles. The summed E-state index contributed by atoms with van der Waals surface area (Å²) in [6.07, 6.45) is 5.30. The molecule has 7 nitrogen and oxygen atoms in total. The highest BCUT2D eigenvalue weighted by Gasteiger charge is 2.36. The van der Waals surface area contributed by atoms with E-state index in [1.54, 1.807) is 12.1 Å². The third-order valence-electron chi connectivity index (χ3n) is 6.52. The lowest BCUT2D eigenvalue weighted by molar-refractivity contribution is -0.122. The smallest absolute Gasteiger partial charge is 0.335 e. The fourth-order valence-electron chi connectivity index (χ4n) is 4.07. The molecule has 4 amide bonds. The molecule has 0 unspecified atom stereocenters. The molecule has 1 fully saturated rings. The molecule has 1 aliphatic rings. The van der Waals surface area contributed by atoms with Gasteiger partial charge in [0.2, 0.25) is 0 Å². The second-order valence-corrected chi connectivity index (χ2v) is 8.83. The average Bonchev–Trinajstić information content (AvgIpc) is 3.33. The van der Waals surface area contributed by atoms with Crippen LogP contribution in [-0.4, -0.2) is 29.0 Å². The largest absolute Gasteiger partial charge is 0.492 e. The highest BCUT2D eigenvalue weighted by atomic mass is 16.5. The molecule has 4 rings (SSSR count). The minimum absolute atomic E-state index is 0.101. The van der Waals surface area contributed by atoms with Crippen molar-refractivity contribution in [3.05, 3.63) is 89.3 Å². The first-order chi connectivity index (χ1) is 17.4. The summed E-state index contributed by atoms with van der Waals surface area (Å²) in [5, 5.41) is 2.28. The lowest BCUT2D eigenvalue weighted by Crippen LogP contribution is -2.54. The van der Waals surface area contributed by atoms with Crippen LogP contribution in [0.3, 0.4) is 0 Å². The van der Waals surface area contributed by atoms with Gasteiger partial charge in [-0.3, -0.25) is 14.9 Å². The van der Waals surface area contributed by atoms with Crippen LogP contribution in [0, 0.1) is 0 Å². The van der Waals surface area contributed by atoms with Crippen molar-refractivity contribution in [2.75, 3.05) is 11.5 Å². The first kappa shape index (κ1) is 25.0. The summed E-state index contributed by atoms with van der Waals surface area (Å²) < 4.78 is 7.80. The van der Waals surface area contributed by atoms with Crippen molar-refractivity contribution >= 4 is 29.6 Å². The molecule has 2 aromatic carbocycles. The average molecular weight is 486 g/mol. The van der Waals surface area contributed by atoms with Crippen molar-refractivity contribution in [2.45, 2.75) is 46.1 Å². The Kier molecular flexibility index (Phi) is 7.68. The van der Waals surface area contributed by atoms with Crippen LogP contribution in [0.2, 0.25) is 0 Å². The van der Waals surface area contributed by atoms with Crippen LogP contribution in [0.1, 0.15) is 49.9 Å². The quantitative estimate of drug-likeness (QED) is 0.329. The number of ether oxygens (including phenoxy) is 1. The summed E-state index contributed by atoms with van der Waals surface area (Å²) in [5.41, 5.74) is 3.35. The predicted octanol–water partition coefficient (Wildman–Crippen LogP) is 5.31. The van der Waals surface area contributed by atoms with E-state index in [1.807, 2.05) is 54.1 Å². The number of anilines is 1. The van der Waals surface area contributed by atoms with E-state index < -0.39 is 17.8 Å². The zero-order valence-electron chi connectivity index (χ0n) is 20.9. The van der Waals surface area contributed by atoms with Crippen LogP contribution in [0.4, 0.5) is 10.5 Å². The van der Waals surface area contributed by atoms with Gasteiger partial charge in [0, 0.05) is 11.9 Å². The third kappa shape index (κ3) is 5.40. The number of benzene rings is 2. The zero-order chi connectivity index (χ0) is 25.7. The summed E-state index contributed by atoms with van der Waals surface area (Å²) >= 11 is 0. The minimum Gasteiger partial charge on any atom is -0.492 e. The maximum absolute atomic E-state index is 13.2. The second kappa shape index (κ2) is 11.1. The van der Waals surface area contributed by atoms with Gasteiger partial charge in [-0.1, -0.05) is 45.0 Å². The van der Waals surface area contributed by atoms with E-state index in [-0.39, 0.29) is 5.57 Å². The molecule has 3 aromatic rings. The van der Waals surface area contributed by atoms with Crippen LogP contribution in [0.25, 0.3) is 6.08 Å². The standard InChI is InChI=1S/C29H31N3O4/c1-4-20(3)22-10-14-25(15-11-22)36-18-17-31-16-6-7-24(31)19-26-27(33)30-29(35)32(28(26)34)23-12-8-21(5-2)9-13-23/h6-16,19-20H,4-5,17-18H2,1-3H3,(H,30,33,35)/b26-19+/t20-/m1/s1. The maximum atomic E-state index is 13.2. The van der Waals surface area contributed by atoms with E-state index in [1.165, 1.54) is 11.6 Å². The summed E-state index contributed by atoms with van der Waals surface area (Å²) in [6.45, 7) is 7.34. The molecule has 0 bridgehead atoms. The number of hydrogen-bond acceptors (Lipinski definition) is 4. The van der Waals surface area contributed by atoms with Gasteiger partial charge in [0.1, 0.15) is 17.9 Å². The van der Waals surface area contributed by atoms with Crippen molar-refractivity contribution in [1.82, 2.24) is 9.88 Å². The van der Waals surface area contributed by atoms with Crippen LogP contribution >= 0.6 is 0 Å². The van der Waals surface area contributed by atoms with Crippen molar-refractivity contribution in [3.8, 4) is 5.75 Å². The van der Waals surface area contributed by atoms with Gasteiger partial charge in [0.15, 0.2) is 0 Å². The lowest BCUT2D eigenvalue weighted by atomic mass is 9.99. The first-order valence-electron chi connectivity index (χ1n) is 12.3. The van der Waals surface area contributed by atoms with Gasteiger partial charge in [0.05, 0.1) is 12.2 Å². The minimum atomic E-state index is -0.755. The second-order valence-electron chi connectivity index (χ2n) is 8.83. The molecule has 186 valence electrons. The Bertz CT molecular complexity index is 1270. The normalized spacial score (nSPS) is 15.8. The Morgan fingerprint density at radius 2 is 1.69 bits per heavy atom.